The highest BCUT2D eigenvalue weighted by molar-refractivity contribution is 7.90. The van der Waals surface area contributed by atoms with Crippen LogP contribution < -0.4 is 19.5 Å². The molecule has 228 valence electrons. The lowest BCUT2D eigenvalue weighted by molar-refractivity contribution is -0.731. The first-order valence-corrected chi connectivity index (χ1v) is 15.4. The van der Waals surface area contributed by atoms with E-state index in [-0.39, 0.29) is 12.1 Å². The van der Waals surface area contributed by atoms with Crippen LogP contribution in [0.2, 0.25) is 0 Å². The highest BCUT2D eigenvalue weighted by Gasteiger charge is 2.31. The average Bonchev–Trinajstić information content (AvgIpc) is 3.41. The second kappa shape index (κ2) is 11.6. The Kier molecular flexibility index (Phi) is 8.20. The van der Waals surface area contributed by atoms with Gasteiger partial charge in [-0.15, -0.1) is 0 Å². The van der Waals surface area contributed by atoms with Crippen LogP contribution in [-0.2, 0) is 15.7 Å². The number of carbonyl (C=O) groups is 1. The van der Waals surface area contributed by atoms with E-state index in [4.69, 9.17) is 0 Å². The normalized spacial score (nSPS) is 14.5. The number of piperazine rings is 1. The number of hydrogen-bond acceptors (Lipinski definition) is 7. The lowest BCUT2D eigenvalue weighted by Crippen LogP contribution is -2.50. The van der Waals surface area contributed by atoms with E-state index < -0.39 is 44.4 Å². The third kappa shape index (κ3) is 5.94. The molecule has 1 fully saturated rings. The van der Waals surface area contributed by atoms with Gasteiger partial charge in [-0.05, 0) is 39.0 Å². The summed E-state index contributed by atoms with van der Waals surface area (Å²) in [5, 5.41) is 3.73. The van der Waals surface area contributed by atoms with Crippen molar-refractivity contribution in [3.05, 3.63) is 65.7 Å². The number of aromatic amines is 1. The maximum Gasteiger partial charge on any atom is 0.301 e. The van der Waals surface area contributed by atoms with E-state index in [0.717, 1.165) is 42.6 Å². The Hall–Kier alpha value is -4.01. The van der Waals surface area contributed by atoms with Gasteiger partial charge in [-0.3, -0.25) is 9.52 Å². The monoisotopic (exact) mass is 613 g/mol. The number of carbonyl (C=O) groups excluding carboxylic acids is 1. The highest BCUT2D eigenvalue weighted by Crippen LogP contribution is 2.30. The molecule has 1 aliphatic rings. The average molecular weight is 614 g/mol. The Labute approximate surface area is 249 Å². The lowest BCUT2D eigenvalue weighted by Gasteiger charge is -2.27. The van der Waals surface area contributed by atoms with Crippen molar-refractivity contribution in [2.24, 2.45) is 0 Å². The summed E-state index contributed by atoms with van der Waals surface area (Å²) < 4.78 is 60.7. The predicted molar refractivity (Wildman–Crippen MR) is 160 cm³/mol. The molecule has 0 atom stereocenters. The standard InChI is InChI=1S/C29H34F2N8O3S/c1-6-37(5)43(41,42)36-23-8-7-22(30)24(25(23)31)26(40)21-16-33-27-20(21)13-18(17-39(27)29(2,3)4)19-14-34-28(35-15-19)38-11-9-32-10-12-38/h7-8,13-17,32,36H,6,9-12H2,1-5H3/p+1. The number of halogens is 2. The van der Waals surface area contributed by atoms with Crippen LogP contribution in [-0.4, -0.2) is 73.2 Å². The SMILES string of the molecule is CCN(C)S(=O)(=O)Nc1ccc(F)c(C(=O)c2c[nH]c3c2cc(-c2cnc(N4CCNCC4)nc2)c[n+]3C(C)(C)C)c1F. The Morgan fingerprint density at radius 3 is 2.44 bits per heavy atom. The fourth-order valence-electron chi connectivity index (χ4n) is 4.90. The van der Waals surface area contributed by atoms with E-state index in [1.807, 2.05) is 31.5 Å². The Balaban J connectivity index is 1.59. The molecule has 43 heavy (non-hydrogen) atoms. The summed E-state index contributed by atoms with van der Waals surface area (Å²) in [6.45, 7) is 11.0. The fourth-order valence-corrected chi connectivity index (χ4v) is 5.83. The second-order valence-electron chi connectivity index (χ2n) is 11.4. The van der Waals surface area contributed by atoms with Crippen molar-refractivity contribution >= 4 is 38.7 Å². The largest absolute Gasteiger partial charge is 0.338 e. The smallest absolute Gasteiger partial charge is 0.301 e. The van der Waals surface area contributed by atoms with Crippen LogP contribution >= 0.6 is 0 Å². The first-order valence-electron chi connectivity index (χ1n) is 13.9. The minimum atomic E-state index is -4.12. The van der Waals surface area contributed by atoms with Crippen LogP contribution in [0.3, 0.4) is 0 Å². The van der Waals surface area contributed by atoms with Gasteiger partial charge >= 0.3 is 10.2 Å². The first-order chi connectivity index (χ1) is 20.3. The van der Waals surface area contributed by atoms with Crippen molar-refractivity contribution in [1.82, 2.24) is 24.6 Å². The Bertz CT molecular complexity index is 1780. The molecule has 4 aromatic rings. The number of pyridine rings is 1. The molecule has 0 spiro atoms. The molecule has 0 saturated carbocycles. The summed E-state index contributed by atoms with van der Waals surface area (Å²) in [7, 11) is -2.80. The molecular weight excluding hydrogens is 578 g/mol. The Morgan fingerprint density at radius 2 is 1.81 bits per heavy atom. The van der Waals surface area contributed by atoms with Crippen LogP contribution in [0.4, 0.5) is 20.4 Å². The van der Waals surface area contributed by atoms with Gasteiger partial charge in [-0.2, -0.15) is 12.7 Å². The molecule has 11 nitrogen and oxygen atoms in total. The molecular formula is C29H35F2N8O3S+. The second-order valence-corrected chi connectivity index (χ2v) is 13.2. The zero-order valence-electron chi connectivity index (χ0n) is 24.7. The van der Waals surface area contributed by atoms with Crippen molar-refractivity contribution in [2.45, 2.75) is 33.2 Å². The summed E-state index contributed by atoms with van der Waals surface area (Å²) in [6.07, 6.45) is 6.75. The number of nitrogens with one attached hydrogen (secondary N) is 3. The lowest BCUT2D eigenvalue weighted by atomic mass is 9.99. The zero-order valence-corrected chi connectivity index (χ0v) is 25.5. The molecule has 0 radical (unpaired) electrons. The number of aromatic nitrogens is 4. The molecule has 4 heterocycles. The van der Waals surface area contributed by atoms with E-state index in [0.29, 0.717) is 28.1 Å². The number of ketones is 1. The molecule has 0 amide bonds. The number of nitrogens with zero attached hydrogens (tertiary/aromatic N) is 5. The maximum atomic E-state index is 15.6. The predicted octanol–water partition coefficient (Wildman–Crippen LogP) is 3.19. The third-order valence-electron chi connectivity index (χ3n) is 7.46. The number of benzene rings is 1. The van der Waals surface area contributed by atoms with E-state index in [1.165, 1.54) is 13.2 Å². The molecule has 0 aliphatic carbocycles. The van der Waals surface area contributed by atoms with Gasteiger partial charge in [0.2, 0.25) is 11.7 Å². The van der Waals surface area contributed by atoms with Crippen molar-refractivity contribution in [3.8, 4) is 11.1 Å². The van der Waals surface area contributed by atoms with Gasteiger partial charge in [0.05, 0.1) is 28.4 Å². The highest BCUT2D eigenvalue weighted by atomic mass is 32.2. The van der Waals surface area contributed by atoms with Crippen LogP contribution in [0.1, 0.15) is 43.6 Å². The van der Waals surface area contributed by atoms with Gasteiger partial charge in [0.1, 0.15) is 17.6 Å². The van der Waals surface area contributed by atoms with Gasteiger partial charge < -0.3 is 10.2 Å². The number of hydrogen-bond donors (Lipinski definition) is 3. The summed E-state index contributed by atoms with van der Waals surface area (Å²) >= 11 is 0. The van der Waals surface area contributed by atoms with Gasteiger partial charge in [0.15, 0.2) is 5.82 Å². The van der Waals surface area contributed by atoms with E-state index in [9.17, 15) is 13.2 Å². The van der Waals surface area contributed by atoms with Gasteiger partial charge in [-0.25, -0.2) is 28.3 Å². The molecule has 1 aromatic carbocycles. The summed E-state index contributed by atoms with van der Waals surface area (Å²) in [6, 6.07) is 3.57. The molecule has 3 aromatic heterocycles. The van der Waals surface area contributed by atoms with Crippen molar-refractivity contribution < 1.29 is 26.6 Å². The maximum absolute atomic E-state index is 15.6. The van der Waals surface area contributed by atoms with Crippen LogP contribution in [0.15, 0.2) is 43.0 Å². The van der Waals surface area contributed by atoms with E-state index >= 15 is 8.78 Å². The fraction of sp³-hybridized carbons (Fsp3) is 0.379. The summed E-state index contributed by atoms with van der Waals surface area (Å²) in [5.74, 6) is -2.72. The van der Waals surface area contributed by atoms with Crippen molar-refractivity contribution in [1.29, 1.82) is 0 Å². The zero-order chi connectivity index (χ0) is 31.1. The van der Waals surface area contributed by atoms with Crippen molar-refractivity contribution in [3.63, 3.8) is 0 Å². The Morgan fingerprint density at radius 1 is 1.14 bits per heavy atom. The molecule has 1 aliphatic heterocycles. The number of anilines is 2. The quantitative estimate of drug-likeness (QED) is 0.206. The molecule has 14 heteroatoms. The van der Waals surface area contributed by atoms with E-state index in [2.05, 4.69) is 29.9 Å². The van der Waals surface area contributed by atoms with Crippen LogP contribution in [0.5, 0.6) is 0 Å². The number of rotatable bonds is 8. The number of fused-ring (bicyclic) bond motifs is 1. The van der Waals surface area contributed by atoms with Crippen LogP contribution in [0, 0.1) is 11.6 Å². The van der Waals surface area contributed by atoms with Crippen LogP contribution in [0.25, 0.3) is 22.2 Å². The molecule has 1 saturated heterocycles. The van der Waals surface area contributed by atoms with E-state index in [1.54, 1.807) is 25.4 Å². The van der Waals surface area contributed by atoms with Gasteiger partial charge in [0, 0.05) is 63.3 Å². The summed E-state index contributed by atoms with van der Waals surface area (Å²) in [5.41, 5.74) is 0.159. The molecule has 0 bridgehead atoms. The van der Waals surface area contributed by atoms with Crippen molar-refractivity contribution in [2.75, 3.05) is 49.4 Å². The topological polar surface area (TPSA) is 127 Å². The molecule has 3 N–H and O–H groups in total. The minimum absolute atomic E-state index is 0.0247. The first kappa shape index (κ1) is 30.4. The van der Waals surface area contributed by atoms with Gasteiger partial charge in [-0.1, -0.05) is 6.92 Å². The van der Waals surface area contributed by atoms with Gasteiger partial charge in [0.25, 0.3) is 5.65 Å². The minimum Gasteiger partial charge on any atom is -0.338 e. The third-order valence-corrected chi connectivity index (χ3v) is 9.02. The summed E-state index contributed by atoms with van der Waals surface area (Å²) in [4.78, 5) is 28.1. The molecule has 0 unspecified atom stereocenters. The molecule has 5 rings (SSSR count). The number of H-pyrrole nitrogens is 1.